The highest BCUT2D eigenvalue weighted by molar-refractivity contribution is 7.90. The number of nitrogens with zero attached hydrogens (tertiary/aromatic N) is 1. The van der Waals surface area contributed by atoms with Gasteiger partial charge in [0, 0.05) is 17.3 Å². The zero-order valence-electron chi connectivity index (χ0n) is 16.9. The quantitative estimate of drug-likeness (QED) is 0.422. The number of carbonyl (C=O) groups is 1. The molecule has 0 saturated heterocycles. The van der Waals surface area contributed by atoms with Gasteiger partial charge in [0.25, 0.3) is 5.91 Å². The van der Waals surface area contributed by atoms with Crippen molar-refractivity contribution < 1.29 is 22.7 Å². The number of carbonyl (C=O) groups excluding carboxylic acids is 1. The number of hydrogen-bond donors (Lipinski definition) is 1. The van der Waals surface area contributed by atoms with Gasteiger partial charge in [0.05, 0.1) is 32.3 Å². The van der Waals surface area contributed by atoms with Gasteiger partial charge in [-0.05, 0) is 48.5 Å². The Balaban J connectivity index is 1.67. The van der Waals surface area contributed by atoms with Gasteiger partial charge in [0.2, 0.25) is 0 Å². The maximum Gasteiger partial charge on any atom is 0.262 e. The topological polar surface area (TPSA) is 105 Å². The van der Waals surface area contributed by atoms with Crippen molar-refractivity contribution in [3.05, 3.63) is 75.2 Å². The van der Waals surface area contributed by atoms with Crippen LogP contribution < -0.4 is 14.8 Å². The maximum atomic E-state index is 12.3. The number of anilines is 1. The van der Waals surface area contributed by atoms with Gasteiger partial charge in [-0.2, -0.15) is 5.26 Å². The summed E-state index contributed by atoms with van der Waals surface area (Å²) in [4.78, 5) is 12.3. The van der Waals surface area contributed by atoms with E-state index >= 15 is 0 Å². The summed E-state index contributed by atoms with van der Waals surface area (Å²) in [7, 11) is -3.42. The molecule has 0 aliphatic carbocycles. The first kappa shape index (κ1) is 24.7. The third-order valence-electron chi connectivity index (χ3n) is 4.14. The molecule has 7 nitrogen and oxygen atoms in total. The lowest BCUT2D eigenvalue weighted by molar-refractivity contribution is -0.118. The molecule has 0 heterocycles. The van der Waals surface area contributed by atoms with E-state index in [1.807, 2.05) is 6.07 Å². The van der Waals surface area contributed by atoms with Crippen molar-refractivity contribution in [3.63, 3.8) is 0 Å². The van der Waals surface area contributed by atoms with Gasteiger partial charge in [-0.1, -0.05) is 34.8 Å². The van der Waals surface area contributed by atoms with Crippen LogP contribution in [0.1, 0.15) is 5.56 Å². The number of ether oxygens (including phenoxy) is 2. The smallest absolute Gasteiger partial charge is 0.262 e. The molecule has 3 aromatic rings. The van der Waals surface area contributed by atoms with Crippen LogP contribution in [0.4, 0.5) is 5.69 Å². The molecule has 0 radical (unpaired) electrons. The average Bonchev–Trinajstić information content (AvgIpc) is 2.74. The summed E-state index contributed by atoms with van der Waals surface area (Å²) < 4.78 is 34.4. The van der Waals surface area contributed by atoms with Gasteiger partial charge in [0.15, 0.2) is 16.4 Å². The molecule has 0 saturated carbocycles. The van der Waals surface area contributed by atoms with Crippen LogP contribution in [0.25, 0.3) is 0 Å². The van der Waals surface area contributed by atoms with Gasteiger partial charge in [0.1, 0.15) is 17.2 Å². The number of sulfone groups is 1. The highest BCUT2D eigenvalue weighted by Gasteiger charge is 2.13. The lowest BCUT2D eigenvalue weighted by Gasteiger charge is -2.12. The Morgan fingerprint density at radius 2 is 1.76 bits per heavy atom. The van der Waals surface area contributed by atoms with Gasteiger partial charge < -0.3 is 14.8 Å². The van der Waals surface area contributed by atoms with Crippen LogP contribution in [-0.2, 0) is 14.6 Å². The SMILES string of the molecule is CS(=O)(=O)c1ccc(NC(=O)COc2ccc(Cl)c(Oc3cc(Cl)cc(C#N)c3)c2)c(Cl)c1. The van der Waals surface area contributed by atoms with E-state index in [1.165, 1.54) is 48.5 Å². The zero-order valence-corrected chi connectivity index (χ0v) is 20.0. The Morgan fingerprint density at radius 1 is 1.00 bits per heavy atom. The molecule has 0 aromatic heterocycles. The fourth-order valence-electron chi connectivity index (χ4n) is 2.63. The minimum Gasteiger partial charge on any atom is -0.484 e. The molecule has 1 amide bonds. The fourth-order valence-corrected chi connectivity index (χ4v) is 3.95. The highest BCUT2D eigenvalue weighted by Crippen LogP contribution is 2.34. The lowest BCUT2D eigenvalue weighted by Crippen LogP contribution is -2.20. The van der Waals surface area contributed by atoms with E-state index < -0.39 is 15.7 Å². The van der Waals surface area contributed by atoms with Crippen molar-refractivity contribution in [3.8, 4) is 23.3 Å². The van der Waals surface area contributed by atoms with E-state index in [2.05, 4.69) is 5.32 Å². The summed E-state index contributed by atoms with van der Waals surface area (Å²) in [5, 5.41) is 12.3. The monoisotopic (exact) mass is 524 g/mol. The summed E-state index contributed by atoms with van der Waals surface area (Å²) in [5.74, 6) is 0.323. The first-order valence-corrected chi connectivity index (χ1v) is 12.2. The molecule has 0 fully saturated rings. The third-order valence-corrected chi connectivity index (χ3v) is 6.10. The van der Waals surface area contributed by atoms with Gasteiger partial charge in [-0.3, -0.25) is 4.79 Å². The molecule has 170 valence electrons. The Labute approximate surface area is 205 Å². The van der Waals surface area contributed by atoms with Crippen LogP contribution in [0.5, 0.6) is 17.2 Å². The second-order valence-corrected chi connectivity index (χ2v) is 10.00. The van der Waals surface area contributed by atoms with Crippen LogP contribution in [0.3, 0.4) is 0 Å². The molecule has 0 aliphatic heterocycles. The number of rotatable bonds is 7. The molecule has 0 aliphatic rings. The number of nitriles is 1. The van der Waals surface area contributed by atoms with E-state index in [-0.39, 0.29) is 33.0 Å². The number of hydrogen-bond acceptors (Lipinski definition) is 6. The molecule has 0 spiro atoms. The summed E-state index contributed by atoms with van der Waals surface area (Å²) in [6.07, 6.45) is 1.06. The molecule has 0 unspecified atom stereocenters. The van der Waals surface area contributed by atoms with Crippen LogP contribution in [0.2, 0.25) is 15.1 Å². The van der Waals surface area contributed by atoms with Crippen molar-refractivity contribution in [1.82, 2.24) is 0 Å². The van der Waals surface area contributed by atoms with Crippen molar-refractivity contribution in [2.45, 2.75) is 4.90 Å². The van der Waals surface area contributed by atoms with Crippen molar-refractivity contribution >= 4 is 56.2 Å². The molecule has 0 atom stereocenters. The summed E-state index contributed by atoms with van der Waals surface area (Å²) in [6, 6.07) is 15.1. The van der Waals surface area contributed by atoms with Gasteiger partial charge in [-0.15, -0.1) is 0 Å². The highest BCUT2D eigenvalue weighted by atomic mass is 35.5. The Hall–Kier alpha value is -2.96. The normalized spacial score (nSPS) is 10.9. The largest absolute Gasteiger partial charge is 0.484 e. The van der Waals surface area contributed by atoms with Crippen LogP contribution >= 0.6 is 34.8 Å². The van der Waals surface area contributed by atoms with Crippen LogP contribution in [0, 0.1) is 11.3 Å². The number of halogens is 3. The van der Waals surface area contributed by atoms with Crippen molar-refractivity contribution in [2.24, 2.45) is 0 Å². The fraction of sp³-hybridized carbons (Fsp3) is 0.0909. The predicted molar refractivity (Wildman–Crippen MR) is 126 cm³/mol. The van der Waals surface area contributed by atoms with E-state index in [9.17, 15) is 13.2 Å². The summed E-state index contributed by atoms with van der Waals surface area (Å²) in [6.45, 7) is -0.360. The maximum absolute atomic E-state index is 12.3. The van der Waals surface area contributed by atoms with E-state index in [0.29, 0.717) is 22.1 Å². The molecule has 11 heteroatoms. The number of nitrogens with one attached hydrogen (secondary N) is 1. The summed E-state index contributed by atoms with van der Waals surface area (Å²) >= 11 is 18.2. The standard InChI is InChI=1S/C22H15Cl3N2O5S/c1-33(29,30)17-3-5-20(19(25)10-17)27-22(28)12-31-15-2-4-18(24)21(9-15)32-16-7-13(11-26)6-14(23)8-16/h2-10H,12H2,1H3,(H,27,28). The van der Waals surface area contributed by atoms with E-state index in [1.54, 1.807) is 6.07 Å². The molecule has 0 bridgehead atoms. The van der Waals surface area contributed by atoms with E-state index in [0.717, 1.165) is 6.26 Å². The Morgan fingerprint density at radius 3 is 2.42 bits per heavy atom. The van der Waals surface area contributed by atoms with E-state index in [4.69, 9.17) is 49.5 Å². The van der Waals surface area contributed by atoms with Crippen molar-refractivity contribution in [1.29, 1.82) is 5.26 Å². The van der Waals surface area contributed by atoms with Crippen LogP contribution in [-0.4, -0.2) is 27.2 Å². The zero-order chi connectivity index (χ0) is 24.2. The number of amides is 1. The third kappa shape index (κ3) is 6.76. The lowest BCUT2D eigenvalue weighted by atomic mass is 10.2. The molecule has 3 aromatic carbocycles. The van der Waals surface area contributed by atoms with Gasteiger partial charge >= 0.3 is 0 Å². The molecule has 3 rings (SSSR count). The minimum absolute atomic E-state index is 0.0389. The summed E-state index contributed by atoms with van der Waals surface area (Å²) in [5.41, 5.74) is 0.563. The Kier molecular flexibility index (Phi) is 7.72. The molecule has 1 N–H and O–H groups in total. The molecular weight excluding hydrogens is 511 g/mol. The Bertz CT molecular complexity index is 1370. The molecular formula is C22H15Cl3N2O5S. The molecule has 33 heavy (non-hydrogen) atoms. The predicted octanol–water partition coefficient (Wildman–Crippen LogP) is 5.73. The minimum atomic E-state index is -3.42. The average molecular weight is 526 g/mol. The first-order valence-electron chi connectivity index (χ1n) is 9.15. The number of benzene rings is 3. The second-order valence-electron chi connectivity index (χ2n) is 6.73. The van der Waals surface area contributed by atoms with Gasteiger partial charge in [-0.25, -0.2) is 8.42 Å². The second kappa shape index (κ2) is 10.3. The van der Waals surface area contributed by atoms with Crippen LogP contribution in [0.15, 0.2) is 59.5 Å². The van der Waals surface area contributed by atoms with Crippen molar-refractivity contribution in [2.75, 3.05) is 18.2 Å². The first-order chi connectivity index (χ1) is 15.5.